The van der Waals surface area contributed by atoms with E-state index in [1.807, 2.05) is 0 Å². The number of carboxylic acid groups (broad SMARTS) is 1. The Morgan fingerprint density at radius 3 is 2.17 bits per heavy atom. The van der Waals surface area contributed by atoms with Crippen molar-refractivity contribution in [2.45, 2.75) is 76.5 Å². The number of nitrogens with two attached hydrogens (primary N) is 3. The van der Waals surface area contributed by atoms with Gasteiger partial charge in [-0.05, 0) is 31.7 Å². The average molecular weight is 511 g/mol. The molecule has 4 amide bonds. The van der Waals surface area contributed by atoms with Crippen LogP contribution in [0.1, 0.15) is 51.6 Å². The Morgan fingerprint density at radius 2 is 1.64 bits per heavy atom. The van der Waals surface area contributed by atoms with Gasteiger partial charge in [0.05, 0.1) is 12.4 Å². The SMILES string of the molecule is CC(C)C(NC(=O)C(Cc1cnc[nH]1)NC(=O)C(CCC(N)=O)NC(=O)C(N)CCCCN)C(=O)O. The van der Waals surface area contributed by atoms with Gasteiger partial charge in [-0.25, -0.2) is 9.78 Å². The lowest BCUT2D eigenvalue weighted by atomic mass is 10.0. The number of aliphatic carboxylic acids is 1. The summed E-state index contributed by atoms with van der Waals surface area (Å²) >= 11 is 0. The molecule has 0 bridgehead atoms. The zero-order valence-corrected chi connectivity index (χ0v) is 20.7. The van der Waals surface area contributed by atoms with Crippen LogP contribution in [0, 0.1) is 5.92 Å². The quantitative estimate of drug-likeness (QED) is 0.106. The van der Waals surface area contributed by atoms with E-state index in [4.69, 9.17) is 17.2 Å². The summed E-state index contributed by atoms with van der Waals surface area (Å²) < 4.78 is 0. The molecule has 1 heterocycles. The predicted molar refractivity (Wildman–Crippen MR) is 130 cm³/mol. The minimum absolute atomic E-state index is 0.0307. The highest BCUT2D eigenvalue weighted by Gasteiger charge is 2.31. The van der Waals surface area contributed by atoms with Gasteiger partial charge in [0.15, 0.2) is 0 Å². The first-order chi connectivity index (χ1) is 17.0. The number of aromatic nitrogens is 2. The zero-order chi connectivity index (χ0) is 27.3. The molecular formula is C22H38N8O6. The van der Waals surface area contributed by atoms with Crippen molar-refractivity contribution in [2.75, 3.05) is 6.54 Å². The summed E-state index contributed by atoms with van der Waals surface area (Å²) in [5, 5.41) is 16.9. The normalized spacial score (nSPS) is 14.4. The molecule has 202 valence electrons. The Bertz CT molecular complexity index is 876. The van der Waals surface area contributed by atoms with Crippen LogP contribution >= 0.6 is 0 Å². The van der Waals surface area contributed by atoms with Crippen LogP contribution in [0.15, 0.2) is 12.5 Å². The van der Waals surface area contributed by atoms with E-state index in [0.717, 1.165) is 0 Å². The molecule has 1 aromatic rings. The highest BCUT2D eigenvalue weighted by Crippen LogP contribution is 2.07. The van der Waals surface area contributed by atoms with Crippen LogP contribution in [0.5, 0.6) is 0 Å². The highest BCUT2D eigenvalue weighted by molar-refractivity contribution is 5.94. The van der Waals surface area contributed by atoms with Gasteiger partial charge in [0.2, 0.25) is 23.6 Å². The number of carbonyl (C=O) groups is 5. The minimum atomic E-state index is -1.22. The molecule has 0 aliphatic rings. The average Bonchev–Trinajstić information content (AvgIpc) is 3.31. The summed E-state index contributed by atoms with van der Waals surface area (Å²) in [6.45, 7) is 3.72. The summed E-state index contributed by atoms with van der Waals surface area (Å²) in [5.74, 6) is -4.41. The number of aromatic amines is 1. The first kappa shape index (κ1) is 30.5. The van der Waals surface area contributed by atoms with Crippen molar-refractivity contribution in [3.05, 3.63) is 18.2 Å². The Hall–Kier alpha value is -3.52. The van der Waals surface area contributed by atoms with Gasteiger partial charge in [0.25, 0.3) is 0 Å². The molecule has 36 heavy (non-hydrogen) atoms. The first-order valence-corrected chi connectivity index (χ1v) is 11.8. The second-order valence-electron chi connectivity index (χ2n) is 8.87. The van der Waals surface area contributed by atoms with Gasteiger partial charge < -0.3 is 43.2 Å². The topological polar surface area (TPSA) is 248 Å². The van der Waals surface area contributed by atoms with Crippen molar-refractivity contribution in [3.63, 3.8) is 0 Å². The lowest BCUT2D eigenvalue weighted by molar-refractivity contribution is -0.143. The van der Waals surface area contributed by atoms with E-state index in [1.54, 1.807) is 13.8 Å². The third-order valence-electron chi connectivity index (χ3n) is 5.46. The molecule has 0 saturated carbocycles. The number of amides is 4. The number of nitrogens with one attached hydrogen (secondary N) is 4. The second kappa shape index (κ2) is 15.5. The van der Waals surface area contributed by atoms with Crippen molar-refractivity contribution in [3.8, 4) is 0 Å². The molecule has 14 heteroatoms. The van der Waals surface area contributed by atoms with Crippen LogP contribution in [0.25, 0.3) is 0 Å². The molecule has 0 saturated heterocycles. The fourth-order valence-corrected chi connectivity index (χ4v) is 3.34. The maximum Gasteiger partial charge on any atom is 0.326 e. The van der Waals surface area contributed by atoms with Crippen molar-refractivity contribution in [2.24, 2.45) is 23.1 Å². The largest absolute Gasteiger partial charge is 0.480 e. The molecule has 0 aliphatic heterocycles. The standard InChI is InChI=1S/C22H38N8O6/c1-12(2)18(22(35)36)30-21(34)16(9-13-10-26-11-27-13)29-20(33)15(6-7-17(25)31)28-19(32)14(24)5-3-4-8-23/h10-12,14-16,18H,3-9,23-24H2,1-2H3,(H2,25,31)(H,26,27)(H,28,32)(H,29,33)(H,30,34)(H,35,36). The Balaban J connectivity index is 3.04. The minimum Gasteiger partial charge on any atom is -0.480 e. The molecule has 14 nitrogen and oxygen atoms in total. The van der Waals surface area contributed by atoms with Crippen LogP contribution in [0.4, 0.5) is 0 Å². The molecule has 4 unspecified atom stereocenters. The Labute approximate surface area is 209 Å². The summed E-state index contributed by atoms with van der Waals surface area (Å²) in [4.78, 5) is 68.2. The summed E-state index contributed by atoms with van der Waals surface area (Å²) in [7, 11) is 0. The molecule has 4 atom stereocenters. The monoisotopic (exact) mass is 510 g/mol. The van der Waals surface area contributed by atoms with Crippen LogP contribution < -0.4 is 33.2 Å². The lowest BCUT2D eigenvalue weighted by Gasteiger charge is -2.25. The van der Waals surface area contributed by atoms with Crippen molar-refractivity contribution < 1.29 is 29.1 Å². The third-order valence-corrected chi connectivity index (χ3v) is 5.46. The fraction of sp³-hybridized carbons (Fsp3) is 0.636. The van der Waals surface area contributed by atoms with Gasteiger partial charge in [-0.3, -0.25) is 19.2 Å². The Kier molecular flexibility index (Phi) is 13.1. The van der Waals surface area contributed by atoms with Crippen LogP contribution in [0.2, 0.25) is 0 Å². The Morgan fingerprint density at radius 1 is 1.00 bits per heavy atom. The van der Waals surface area contributed by atoms with Gasteiger partial charge in [-0.15, -0.1) is 0 Å². The molecule has 1 aromatic heterocycles. The number of H-pyrrole nitrogens is 1. The van der Waals surface area contributed by atoms with E-state index < -0.39 is 59.7 Å². The number of carboxylic acids is 1. The van der Waals surface area contributed by atoms with Gasteiger partial charge in [-0.2, -0.15) is 0 Å². The van der Waals surface area contributed by atoms with Gasteiger partial charge in [-0.1, -0.05) is 20.3 Å². The number of unbranched alkanes of at least 4 members (excludes halogenated alkanes) is 1. The number of primary amides is 1. The van der Waals surface area contributed by atoms with E-state index in [1.165, 1.54) is 12.5 Å². The maximum atomic E-state index is 13.1. The smallest absolute Gasteiger partial charge is 0.326 e. The second-order valence-corrected chi connectivity index (χ2v) is 8.87. The number of hydrogen-bond donors (Lipinski definition) is 8. The summed E-state index contributed by atoms with van der Waals surface area (Å²) in [6, 6.07) is -4.49. The van der Waals surface area contributed by atoms with Gasteiger partial charge >= 0.3 is 5.97 Å². The first-order valence-electron chi connectivity index (χ1n) is 11.8. The number of hydrogen-bond acceptors (Lipinski definition) is 8. The van der Waals surface area contributed by atoms with Gasteiger partial charge in [0.1, 0.15) is 18.1 Å². The van der Waals surface area contributed by atoms with E-state index in [0.29, 0.717) is 31.5 Å². The van der Waals surface area contributed by atoms with E-state index in [9.17, 15) is 29.1 Å². The number of imidazole rings is 1. The molecule has 11 N–H and O–H groups in total. The highest BCUT2D eigenvalue weighted by atomic mass is 16.4. The lowest BCUT2D eigenvalue weighted by Crippen LogP contribution is -2.58. The summed E-state index contributed by atoms with van der Waals surface area (Å²) in [6.07, 6.45) is 4.15. The molecule has 0 spiro atoms. The van der Waals surface area contributed by atoms with Crippen LogP contribution in [-0.2, 0) is 30.4 Å². The molecular weight excluding hydrogens is 472 g/mol. The van der Waals surface area contributed by atoms with Crippen molar-refractivity contribution in [1.82, 2.24) is 25.9 Å². The van der Waals surface area contributed by atoms with E-state index >= 15 is 0 Å². The van der Waals surface area contributed by atoms with Gasteiger partial charge in [0, 0.05) is 24.7 Å². The molecule has 0 aromatic carbocycles. The molecule has 1 rings (SSSR count). The van der Waals surface area contributed by atoms with E-state index in [2.05, 4.69) is 25.9 Å². The van der Waals surface area contributed by atoms with Crippen molar-refractivity contribution in [1.29, 1.82) is 0 Å². The van der Waals surface area contributed by atoms with Crippen LogP contribution in [-0.4, -0.2) is 75.4 Å². The molecule has 0 aliphatic carbocycles. The maximum absolute atomic E-state index is 13.1. The van der Waals surface area contributed by atoms with Crippen molar-refractivity contribution >= 4 is 29.6 Å². The molecule has 0 fully saturated rings. The molecule has 0 radical (unpaired) electrons. The fourth-order valence-electron chi connectivity index (χ4n) is 3.34. The summed E-state index contributed by atoms with van der Waals surface area (Å²) in [5.41, 5.74) is 17.1. The van der Waals surface area contributed by atoms with E-state index in [-0.39, 0.29) is 19.3 Å². The third kappa shape index (κ3) is 10.8. The van der Waals surface area contributed by atoms with Crippen LogP contribution in [0.3, 0.4) is 0 Å². The number of carbonyl (C=O) groups excluding carboxylic acids is 4. The number of rotatable bonds is 17. The predicted octanol–water partition coefficient (Wildman–Crippen LogP) is -2.13. The zero-order valence-electron chi connectivity index (χ0n) is 20.7. The number of nitrogens with zero attached hydrogens (tertiary/aromatic N) is 1.